The lowest BCUT2D eigenvalue weighted by molar-refractivity contribution is -0.135. The molecule has 22 heavy (non-hydrogen) atoms. The maximum absolute atomic E-state index is 12.5. The molecule has 3 rings (SSSR count). The van der Waals surface area contributed by atoms with E-state index in [0.29, 0.717) is 12.2 Å². The van der Waals surface area contributed by atoms with Gasteiger partial charge in [0, 0.05) is 15.7 Å². The first-order chi connectivity index (χ1) is 10.4. The zero-order chi connectivity index (χ0) is 15.7. The Morgan fingerprint density at radius 2 is 1.86 bits per heavy atom. The zero-order valence-electron chi connectivity index (χ0n) is 12.1. The van der Waals surface area contributed by atoms with E-state index in [-0.39, 0.29) is 36.1 Å². The number of hydrogen-bond acceptors (Lipinski definition) is 4. The first kappa shape index (κ1) is 16.0. The highest BCUT2D eigenvalue weighted by Gasteiger charge is 2.42. The summed E-state index contributed by atoms with van der Waals surface area (Å²) in [7, 11) is -2.99. The number of benzene rings is 1. The summed E-state index contributed by atoms with van der Waals surface area (Å²) in [5.41, 5.74) is 0. The number of halogens is 1. The average molecular weight is 435 g/mol. The monoisotopic (exact) mass is 435 g/mol. The van der Waals surface area contributed by atoms with E-state index in [1.54, 1.807) is 4.90 Å². The Hall–Kier alpha value is -0.830. The third-order valence-corrected chi connectivity index (χ3v) is 6.48. The summed E-state index contributed by atoms with van der Waals surface area (Å²) in [6.07, 6.45) is 2.48. The van der Waals surface area contributed by atoms with Crippen molar-refractivity contribution in [3.05, 3.63) is 27.8 Å². The van der Waals surface area contributed by atoms with E-state index in [1.165, 1.54) is 0 Å². The largest absolute Gasteiger partial charge is 0.484 e. The Bertz CT molecular complexity index is 655. The fourth-order valence-electron chi connectivity index (χ4n) is 2.80. The smallest absolute Gasteiger partial charge is 0.261 e. The summed E-state index contributed by atoms with van der Waals surface area (Å²) in [5, 5.41) is 0. The van der Waals surface area contributed by atoms with Crippen molar-refractivity contribution in [3.63, 3.8) is 0 Å². The number of nitrogens with zero attached hydrogens (tertiary/aromatic N) is 1. The van der Waals surface area contributed by atoms with Crippen LogP contribution in [0.3, 0.4) is 0 Å². The van der Waals surface area contributed by atoms with Crippen LogP contribution < -0.4 is 4.74 Å². The summed E-state index contributed by atoms with van der Waals surface area (Å²) in [5.74, 6) is 0.831. The zero-order valence-corrected chi connectivity index (χ0v) is 15.0. The van der Waals surface area contributed by atoms with Crippen LogP contribution in [0.15, 0.2) is 24.3 Å². The molecule has 0 radical (unpaired) electrons. The van der Waals surface area contributed by atoms with E-state index in [1.807, 2.05) is 24.3 Å². The van der Waals surface area contributed by atoms with Crippen LogP contribution in [0.4, 0.5) is 0 Å². The fourth-order valence-corrected chi connectivity index (χ4v) is 4.87. The molecule has 2 fully saturated rings. The van der Waals surface area contributed by atoms with Crippen molar-refractivity contribution in [2.24, 2.45) is 0 Å². The van der Waals surface area contributed by atoms with Crippen LogP contribution in [0.25, 0.3) is 0 Å². The van der Waals surface area contributed by atoms with Gasteiger partial charge in [-0.1, -0.05) is 0 Å². The summed E-state index contributed by atoms with van der Waals surface area (Å²) >= 11 is 2.21. The van der Waals surface area contributed by atoms with Gasteiger partial charge in [-0.25, -0.2) is 8.42 Å². The van der Waals surface area contributed by atoms with Gasteiger partial charge in [0.15, 0.2) is 16.4 Å². The van der Waals surface area contributed by atoms with Crippen LogP contribution in [-0.2, 0) is 14.6 Å². The Balaban J connectivity index is 1.62. The lowest BCUT2D eigenvalue weighted by atomic mass is 10.2. The van der Waals surface area contributed by atoms with Gasteiger partial charge in [-0.2, -0.15) is 0 Å². The van der Waals surface area contributed by atoms with Gasteiger partial charge in [0.05, 0.1) is 11.5 Å². The molecular formula is C15H18INO4S. The summed E-state index contributed by atoms with van der Waals surface area (Å²) in [6, 6.07) is 7.52. The van der Waals surface area contributed by atoms with Gasteiger partial charge in [0.1, 0.15) is 5.75 Å². The highest BCUT2D eigenvalue weighted by atomic mass is 127. The Morgan fingerprint density at radius 3 is 2.41 bits per heavy atom. The average Bonchev–Trinajstić information content (AvgIpc) is 3.23. The second-order valence-electron chi connectivity index (χ2n) is 5.83. The minimum atomic E-state index is -2.99. The van der Waals surface area contributed by atoms with Crippen LogP contribution in [0.2, 0.25) is 0 Å². The van der Waals surface area contributed by atoms with Gasteiger partial charge in [-0.15, -0.1) is 0 Å². The number of ether oxygens (including phenoxy) is 1. The summed E-state index contributed by atoms with van der Waals surface area (Å²) < 4.78 is 30.0. The van der Waals surface area contributed by atoms with Crippen molar-refractivity contribution in [1.29, 1.82) is 0 Å². The predicted molar refractivity (Wildman–Crippen MR) is 91.6 cm³/mol. The standard InChI is InChI=1S/C15H18INO4S/c16-11-1-5-14(6-2-11)21-9-15(18)17(12-3-4-12)13-7-8-22(19,20)10-13/h1-2,5-6,12-13H,3-4,7-10H2. The minimum Gasteiger partial charge on any atom is -0.484 e. The summed E-state index contributed by atoms with van der Waals surface area (Å²) in [6.45, 7) is -0.0341. The molecule has 0 spiro atoms. The predicted octanol–water partition coefficient (Wildman–Crippen LogP) is 1.85. The molecule has 0 bridgehead atoms. The maximum Gasteiger partial charge on any atom is 0.261 e. The molecule has 120 valence electrons. The van der Waals surface area contributed by atoms with E-state index >= 15 is 0 Å². The van der Waals surface area contributed by atoms with Gasteiger partial charge in [-0.3, -0.25) is 4.79 Å². The topological polar surface area (TPSA) is 63.7 Å². The quantitative estimate of drug-likeness (QED) is 0.663. The van der Waals surface area contributed by atoms with E-state index in [0.717, 1.165) is 16.4 Å². The first-order valence-corrected chi connectivity index (χ1v) is 10.2. The molecule has 1 saturated heterocycles. The van der Waals surface area contributed by atoms with Crippen LogP contribution in [0.1, 0.15) is 19.3 Å². The second-order valence-corrected chi connectivity index (χ2v) is 9.31. The minimum absolute atomic E-state index is 0.0341. The highest BCUT2D eigenvalue weighted by molar-refractivity contribution is 14.1. The van der Waals surface area contributed by atoms with E-state index in [2.05, 4.69) is 22.6 Å². The van der Waals surface area contributed by atoms with Crippen LogP contribution in [-0.4, -0.2) is 49.4 Å². The Labute approximate surface area is 144 Å². The van der Waals surface area contributed by atoms with Crippen molar-refractivity contribution < 1.29 is 17.9 Å². The molecule has 1 aromatic carbocycles. The number of carbonyl (C=O) groups excluding carboxylic acids is 1. The van der Waals surface area contributed by atoms with Crippen LogP contribution in [0, 0.1) is 3.57 Å². The van der Waals surface area contributed by atoms with Crippen LogP contribution in [0.5, 0.6) is 5.75 Å². The van der Waals surface area contributed by atoms with Crippen LogP contribution >= 0.6 is 22.6 Å². The molecule has 1 aliphatic heterocycles. The lowest BCUT2D eigenvalue weighted by Crippen LogP contribution is -2.45. The molecular weight excluding hydrogens is 417 g/mol. The fraction of sp³-hybridized carbons (Fsp3) is 0.533. The number of rotatable bonds is 5. The third-order valence-electron chi connectivity index (χ3n) is 4.01. The number of amides is 1. The third kappa shape index (κ3) is 3.92. The second kappa shape index (κ2) is 6.35. The van der Waals surface area contributed by atoms with Crippen molar-refractivity contribution in [1.82, 2.24) is 4.90 Å². The molecule has 5 nitrogen and oxygen atoms in total. The molecule has 1 amide bonds. The molecule has 1 heterocycles. The van der Waals surface area contributed by atoms with Gasteiger partial charge in [0.25, 0.3) is 5.91 Å². The van der Waals surface area contributed by atoms with Gasteiger partial charge in [-0.05, 0) is 66.1 Å². The van der Waals surface area contributed by atoms with Gasteiger partial charge < -0.3 is 9.64 Å². The van der Waals surface area contributed by atoms with Crippen molar-refractivity contribution in [2.75, 3.05) is 18.1 Å². The molecule has 1 aliphatic carbocycles. The van der Waals surface area contributed by atoms with Crippen molar-refractivity contribution >= 4 is 38.3 Å². The molecule has 1 aromatic rings. The Kier molecular flexibility index (Phi) is 4.63. The van der Waals surface area contributed by atoms with E-state index < -0.39 is 9.84 Å². The normalized spacial score (nSPS) is 23.2. The molecule has 1 unspecified atom stereocenters. The molecule has 2 aliphatic rings. The number of carbonyl (C=O) groups is 1. The number of hydrogen-bond donors (Lipinski definition) is 0. The summed E-state index contributed by atoms with van der Waals surface area (Å²) in [4.78, 5) is 14.2. The first-order valence-electron chi connectivity index (χ1n) is 7.34. The molecule has 1 saturated carbocycles. The highest BCUT2D eigenvalue weighted by Crippen LogP contribution is 2.32. The SMILES string of the molecule is O=C(COc1ccc(I)cc1)N(C1CC1)C1CCS(=O)(=O)C1. The molecule has 1 atom stereocenters. The Morgan fingerprint density at radius 1 is 1.18 bits per heavy atom. The van der Waals surface area contributed by atoms with Crippen molar-refractivity contribution in [2.45, 2.75) is 31.3 Å². The maximum atomic E-state index is 12.5. The molecule has 0 aromatic heterocycles. The van der Waals surface area contributed by atoms with Crippen molar-refractivity contribution in [3.8, 4) is 5.75 Å². The van der Waals surface area contributed by atoms with E-state index in [9.17, 15) is 13.2 Å². The molecule has 0 N–H and O–H groups in total. The van der Waals surface area contributed by atoms with Gasteiger partial charge in [0.2, 0.25) is 0 Å². The lowest BCUT2D eigenvalue weighted by Gasteiger charge is -2.28. The van der Waals surface area contributed by atoms with Gasteiger partial charge >= 0.3 is 0 Å². The van der Waals surface area contributed by atoms with E-state index in [4.69, 9.17) is 4.74 Å². The number of sulfone groups is 1. The molecule has 7 heteroatoms.